The molecule has 0 fully saturated rings. The molecule has 0 atom stereocenters. The van der Waals surface area contributed by atoms with Gasteiger partial charge in [0.15, 0.2) is 0 Å². The van der Waals surface area contributed by atoms with Gasteiger partial charge < -0.3 is 0 Å². The van der Waals surface area contributed by atoms with Crippen LogP contribution in [0.4, 0.5) is 3.89 Å². The van der Waals surface area contributed by atoms with Gasteiger partial charge in [-0.1, -0.05) is 0 Å². The first-order valence-corrected chi connectivity index (χ1v) is 3.33. The third kappa shape index (κ3) is 15.7. The van der Waals surface area contributed by atoms with Gasteiger partial charge in [0.2, 0.25) is 0 Å². The Hall–Kier alpha value is 0.710. The topological polar surface area (TPSA) is 0 Å². The van der Waals surface area contributed by atoms with Crippen molar-refractivity contribution >= 4 is 18.1 Å². The fourth-order valence-corrected chi connectivity index (χ4v) is 0. The molecule has 0 rings (SSSR count). The quantitative estimate of drug-likeness (QED) is 0.317. The molecule has 0 spiro atoms. The van der Waals surface area contributed by atoms with E-state index in [1.54, 1.807) is 0 Å². The predicted octanol–water partition coefficient (Wildman–Crippen LogP) is 1.44. The molecule has 0 aliphatic rings. The molecule has 0 aromatic carbocycles. The Bertz CT molecular complexity index is 54.2. The standard InChI is InChI=1S/CH3FPS/c1-4(2)3/h1H3/q-1. The maximum atomic E-state index is 10.9. The van der Waals surface area contributed by atoms with Gasteiger partial charge in [-0.25, -0.2) is 0 Å². The van der Waals surface area contributed by atoms with Gasteiger partial charge in [-0.15, -0.1) is 0 Å². The molecular weight excluding hydrogens is 94.1 g/mol. The Kier molecular flexibility index (Phi) is 2.33. The van der Waals surface area contributed by atoms with Crippen LogP contribution in [0.2, 0.25) is 0 Å². The van der Waals surface area contributed by atoms with E-state index >= 15 is 0 Å². The second-order valence-electron chi connectivity index (χ2n) is 0.406. The van der Waals surface area contributed by atoms with E-state index in [0.29, 0.717) is 0 Å². The molecule has 0 nitrogen and oxygen atoms in total. The molecule has 0 saturated carbocycles. The molecule has 0 amide bonds. The first-order chi connectivity index (χ1) is 1.73. The third-order valence-corrected chi connectivity index (χ3v) is 0. The van der Waals surface area contributed by atoms with Crippen molar-refractivity contribution in [1.29, 1.82) is 0 Å². The molecule has 0 aliphatic carbocycles. The van der Waals surface area contributed by atoms with Crippen molar-refractivity contribution in [2.24, 2.45) is 0 Å². The van der Waals surface area contributed by atoms with Crippen molar-refractivity contribution in [2.45, 2.75) is 0 Å². The summed E-state index contributed by atoms with van der Waals surface area (Å²) >= 11 is 0. The van der Waals surface area contributed by atoms with Gasteiger partial charge in [0.05, 0.1) is 0 Å². The summed E-state index contributed by atoms with van der Waals surface area (Å²) in [7, 11) is 2.16. The van der Waals surface area contributed by atoms with Crippen molar-refractivity contribution < 1.29 is 3.89 Å². The molecule has 3 heteroatoms. The molecule has 26 valence electrons. The summed E-state index contributed by atoms with van der Waals surface area (Å²) in [5.74, 6) is 0. The average molecular weight is 97.1 g/mol. The van der Waals surface area contributed by atoms with E-state index in [2.05, 4.69) is 7.81 Å². The van der Waals surface area contributed by atoms with Gasteiger partial charge in [0, 0.05) is 0 Å². The van der Waals surface area contributed by atoms with E-state index in [0.717, 1.165) is 0 Å². The van der Waals surface area contributed by atoms with E-state index in [-0.39, 0.29) is 0 Å². The predicted molar refractivity (Wildman–Crippen MR) is 21.3 cm³/mol. The summed E-state index contributed by atoms with van der Waals surface area (Å²) in [6, 6.07) is 0. The summed E-state index contributed by atoms with van der Waals surface area (Å²) in [5, 5.41) is 0. The van der Waals surface area contributed by atoms with Crippen molar-refractivity contribution in [3.63, 3.8) is 0 Å². The minimum absolute atomic E-state index is 1.17. The molecule has 4 heavy (non-hydrogen) atoms. The van der Waals surface area contributed by atoms with Crippen molar-refractivity contribution in [3.05, 3.63) is 0 Å². The molecule has 0 heterocycles. The molecule has 0 aromatic heterocycles. The Balaban J connectivity index is 3.02. The number of hydrogen-bond acceptors (Lipinski definition) is 1. The fourth-order valence-electron chi connectivity index (χ4n) is 0. The van der Waals surface area contributed by atoms with Gasteiger partial charge in [-0.05, 0) is 0 Å². The molecule has 0 saturated heterocycles. The zero-order valence-electron chi connectivity index (χ0n) is 2.23. The molecule has 0 bridgehead atoms. The molecule has 0 aliphatic heterocycles. The Morgan fingerprint density at radius 2 is 2.00 bits per heavy atom. The van der Waals surface area contributed by atoms with Crippen LogP contribution in [-0.4, -0.2) is 6.26 Å². The first-order valence-electron chi connectivity index (χ1n) is 0.745. The zero-order valence-corrected chi connectivity index (χ0v) is 3.94. The fraction of sp³-hybridized carbons (Fsp3) is 1.00. The van der Waals surface area contributed by atoms with Crippen LogP contribution in [0.1, 0.15) is 0 Å². The van der Waals surface area contributed by atoms with Crippen molar-refractivity contribution in [1.82, 2.24) is 0 Å². The van der Waals surface area contributed by atoms with E-state index < -0.39 is 10.3 Å². The van der Waals surface area contributed by atoms with Crippen LogP contribution in [0.3, 0.4) is 0 Å². The summed E-state index contributed by atoms with van der Waals surface area (Å²) in [6.07, 6.45) is 1.39. The second-order valence-corrected chi connectivity index (χ2v) is 2.73. The first kappa shape index (κ1) is 4.71. The van der Waals surface area contributed by atoms with Gasteiger partial charge >= 0.3 is 28.2 Å². The minimum atomic E-state index is -1.17. The van der Waals surface area contributed by atoms with E-state index in [1.807, 2.05) is 0 Å². The number of hydrogen-bond donors (Lipinski definition) is 0. The van der Waals surface area contributed by atoms with Crippen LogP contribution in [0.15, 0.2) is 0 Å². The van der Waals surface area contributed by atoms with E-state index in [4.69, 9.17) is 0 Å². The summed E-state index contributed by atoms with van der Waals surface area (Å²) < 4.78 is 10.9. The Labute approximate surface area is 29.1 Å². The summed E-state index contributed by atoms with van der Waals surface area (Å²) in [6.45, 7) is 0. The van der Waals surface area contributed by atoms with Gasteiger partial charge in [0.1, 0.15) is 0 Å². The summed E-state index contributed by atoms with van der Waals surface area (Å²) in [4.78, 5) is 0. The van der Waals surface area contributed by atoms with Crippen LogP contribution in [0, 0.1) is 0 Å². The number of rotatable bonds is 0. The van der Waals surface area contributed by atoms with Crippen LogP contribution >= 0.6 is 7.81 Å². The van der Waals surface area contributed by atoms with E-state index in [9.17, 15) is 3.89 Å². The third-order valence-electron chi connectivity index (χ3n) is 0. The van der Waals surface area contributed by atoms with Crippen LogP contribution in [0.5, 0.6) is 0 Å². The maximum absolute atomic E-state index is 10.9. The van der Waals surface area contributed by atoms with Crippen LogP contribution in [-0.2, 0) is 10.3 Å². The zero-order chi connectivity index (χ0) is 3.58. The van der Waals surface area contributed by atoms with Gasteiger partial charge in [-0.3, -0.25) is 0 Å². The summed E-state index contributed by atoms with van der Waals surface area (Å²) in [5.41, 5.74) is 0. The van der Waals surface area contributed by atoms with Crippen molar-refractivity contribution in [3.8, 4) is 0 Å². The molecule has 0 aromatic rings. The number of halogens is 1. The molecule has 0 unspecified atom stereocenters. The Morgan fingerprint density at radius 3 is 2.00 bits per heavy atom. The molecule has 0 radical (unpaired) electrons. The normalized spacial score (nSPS) is 8.50. The van der Waals surface area contributed by atoms with Gasteiger partial charge in [-0.2, -0.15) is 0 Å². The van der Waals surface area contributed by atoms with Crippen LogP contribution in [0.25, 0.3) is 0 Å². The molecular formula is CH3FPS-. The van der Waals surface area contributed by atoms with E-state index in [1.165, 1.54) is 6.26 Å². The molecule has 0 N–H and O–H groups in total. The second kappa shape index (κ2) is 1.98. The average Bonchev–Trinajstić information content (AvgIpc) is 0.811. The monoisotopic (exact) mass is 97.0 g/mol. The van der Waals surface area contributed by atoms with Gasteiger partial charge in [0.25, 0.3) is 0 Å². The van der Waals surface area contributed by atoms with Crippen LogP contribution < -0.4 is 0 Å². The van der Waals surface area contributed by atoms with Crippen molar-refractivity contribution in [2.75, 3.05) is 6.26 Å². The Morgan fingerprint density at radius 1 is 2.00 bits per heavy atom. The SMILES string of the molecule is C[S-](F)#P.